The highest BCUT2D eigenvalue weighted by molar-refractivity contribution is 6.04. The molecule has 1 unspecified atom stereocenters. The van der Waals surface area contributed by atoms with Crippen LogP contribution in [-0.2, 0) is 0 Å². The molecule has 1 heterocycles. The predicted octanol–water partition coefficient (Wildman–Crippen LogP) is 2.07. The molecule has 0 saturated heterocycles. The second-order valence-corrected chi connectivity index (χ2v) is 5.74. The zero-order valence-electron chi connectivity index (χ0n) is 13.9. The maximum Gasteiger partial charge on any atom is 0.255 e. The van der Waals surface area contributed by atoms with Crippen LogP contribution in [0.15, 0.2) is 48.8 Å². The van der Waals surface area contributed by atoms with E-state index in [1.54, 1.807) is 48.8 Å². The Hall–Kier alpha value is -2.44. The summed E-state index contributed by atoms with van der Waals surface area (Å²) in [5.74, 6) is 0.446. The van der Waals surface area contributed by atoms with Crippen LogP contribution in [0.25, 0.3) is 0 Å². The first-order valence-electron chi connectivity index (χ1n) is 7.90. The molecular weight excluding hydrogens is 306 g/mol. The van der Waals surface area contributed by atoms with E-state index >= 15 is 0 Å². The van der Waals surface area contributed by atoms with Crippen molar-refractivity contribution in [3.63, 3.8) is 0 Å². The van der Waals surface area contributed by atoms with Gasteiger partial charge in [-0.3, -0.25) is 9.78 Å². The van der Waals surface area contributed by atoms with Gasteiger partial charge in [0.15, 0.2) is 0 Å². The van der Waals surface area contributed by atoms with Crippen LogP contribution in [0.5, 0.6) is 5.75 Å². The van der Waals surface area contributed by atoms with Crippen LogP contribution in [0, 0.1) is 0 Å². The molecule has 0 fully saturated rings. The van der Waals surface area contributed by atoms with E-state index in [4.69, 9.17) is 4.74 Å². The summed E-state index contributed by atoms with van der Waals surface area (Å²) in [7, 11) is 0. The number of rotatable bonds is 8. The zero-order valence-corrected chi connectivity index (χ0v) is 13.9. The molecule has 0 aliphatic carbocycles. The number of aromatic nitrogens is 1. The molecule has 24 heavy (non-hydrogen) atoms. The fraction of sp³-hybridized carbons (Fsp3) is 0.333. The van der Waals surface area contributed by atoms with E-state index in [1.165, 1.54) is 0 Å². The third-order valence-electron chi connectivity index (χ3n) is 3.26. The van der Waals surface area contributed by atoms with Gasteiger partial charge in [-0.2, -0.15) is 0 Å². The topological polar surface area (TPSA) is 83.5 Å². The van der Waals surface area contributed by atoms with Gasteiger partial charge in [0.25, 0.3) is 5.91 Å². The first-order valence-corrected chi connectivity index (χ1v) is 7.90. The fourth-order valence-corrected chi connectivity index (χ4v) is 1.96. The summed E-state index contributed by atoms with van der Waals surface area (Å²) in [6, 6.07) is 10.7. The summed E-state index contributed by atoms with van der Waals surface area (Å²) >= 11 is 0. The van der Waals surface area contributed by atoms with Gasteiger partial charge in [-0.15, -0.1) is 0 Å². The number of benzene rings is 1. The van der Waals surface area contributed by atoms with Gasteiger partial charge in [0.1, 0.15) is 18.5 Å². The molecule has 6 heteroatoms. The molecule has 1 atom stereocenters. The van der Waals surface area contributed by atoms with Gasteiger partial charge in [0.2, 0.25) is 0 Å². The maximum atomic E-state index is 12.0. The number of aliphatic hydroxyl groups excluding tert-OH is 1. The Morgan fingerprint density at radius 2 is 1.83 bits per heavy atom. The molecule has 1 amide bonds. The SMILES string of the molecule is CC(C)NCC(O)COc1ccc(NC(=O)c2ccncc2)cc1. The van der Waals surface area contributed by atoms with Gasteiger partial charge in [-0.05, 0) is 36.4 Å². The smallest absolute Gasteiger partial charge is 0.255 e. The summed E-state index contributed by atoms with van der Waals surface area (Å²) < 4.78 is 5.53. The molecule has 1 aromatic carbocycles. The quantitative estimate of drug-likeness (QED) is 0.690. The monoisotopic (exact) mass is 329 g/mol. The molecule has 6 nitrogen and oxygen atoms in total. The molecule has 0 radical (unpaired) electrons. The van der Waals surface area contributed by atoms with Crippen LogP contribution in [0.4, 0.5) is 5.69 Å². The third-order valence-corrected chi connectivity index (χ3v) is 3.26. The molecule has 2 rings (SSSR count). The molecular formula is C18H23N3O3. The first-order chi connectivity index (χ1) is 11.5. The molecule has 0 spiro atoms. The molecule has 0 aliphatic heterocycles. The molecule has 128 valence electrons. The first kappa shape index (κ1) is 17.9. The average Bonchev–Trinajstić information content (AvgIpc) is 2.60. The Kier molecular flexibility index (Phi) is 6.72. The number of carbonyl (C=O) groups is 1. The van der Waals surface area contributed by atoms with Crippen LogP contribution in [0.3, 0.4) is 0 Å². The highest BCUT2D eigenvalue weighted by atomic mass is 16.5. The third kappa shape index (κ3) is 5.98. The standard InChI is InChI=1S/C18H23N3O3/c1-13(2)20-11-16(22)12-24-17-5-3-15(4-6-17)21-18(23)14-7-9-19-10-8-14/h3-10,13,16,20,22H,11-12H2,1-2H3,(H,21,23). The van der Waals surface area contributed by atoms with Crippen molar-refractivity contribution in [3.8, 4) is 5.75 Å². The minimum absolute atomic E-state index is 0.193. The van der Waals surface area contributed by atoms with Crippen molar-refractivity contribution in [3.05, 3.63) is 54.4 Å². The Labute approximate surface area is 141 Å². The fourth-order valence-electron chi connectivity index (χ4n) is 1.96. The van der Waals surface area contributed by atoms with Gasteiger partial charge in [-0.25, -0.2) is 0 Å². The molecule has 3 N–H and O–H groups in total. The normalized spacial score (nSPS) is 12.0. The van der Waals surface area contributed by atoms with Gasteiger partial charge in [0, 0.05) is 36.2 Å². The van der Waals surface area contributed by atoms with Crippen molar-refractivity contribution < 1.29 is 14.6 Å². The number of carbonyl (C=O) groups excluding carboxylic acids is 1. The lowest BCUT2D eigenvalue weighted by Crippen LogP contribution is -2.35. The lowest BCUT2D eigenvalue weighted by molar-refractivity contribution is 0.102. The van der Waals surface area contributed by atoms with Crippen molar-refractivity contribution >= 4 is 11.6 Å². The number of aliphatic hydroxyl groups is 1. The summed E-state index contributed by atoms with van der Waals surface area (Å²) in [5, 5.41) is 15.8. The minimum atomic E-state index is -0.571. The van der Waals surface area contributed by atoms with Gasteiger partial charge in [0.05, 0.1) is 0 Å². The Morgan fingerprint density at radius 3 is 2.46 bits per heavy atom. The summed E-state index contributed by atoms with van der Waals surface area (Å²) in [6.45, 7) is 4.74. The Bertz CT molecular complexity index is 630. The molecule has 0 aliphatic rings. The van der Waals surface area contributed by atoms with Gasteiger partial charge < -0.3 is 20.5 Å². The van der Waals surface area contributed by atoms with Crippen LogP contribution in [0.1, 0.15) is 24.2 Å². The second kappa shape index (κ2) is 9.00. The van der Waals surface area contributed by atoms with E-state index in [1.807, 2.05) is 13.8 Å². The molecule has 0 bridgehead atoms. The zero-order chi connectivity index (χ0) is 17.4. The highest BCUT2D eigenvalue weighted by Gasteiger charge is 2.07. The maximum absolute atomic E-state index is 12.0. The summed E-state index contributed by atoms with van der Waals surface area (Å²) in [6.07, 6.45) is 2.58. The Balaban J connectivity index is 1.81. The van der Waals surface area contributed by atoms with Crippen LogP contribution >= 0.6 is 0 Å². The van der Waals surface area contributed by atoms with Gasteiger partial charge in [-0.1, -0.05) is 13.8 Å². The number of amides is 1. The number of pyridine rings is 1. The predicted molar refractivity (Wildman–Crippen MR) is 93.3 cm³/mol. The Morgan fingerprint density at radius 1 is 1.17 bits per heavy atom. The number of anilines is 1. The van der Waals surface area contributed by atoms with Crippen molar-refractivity contribution in [1.82, 2.24) is 10.3 Å². The lowest BCUT2D eigenvalue weighted by Gasteiger charge is -2.15. The van der Waals surface area contributed by atoms with Crippen molar-refractivity contribution in [2.45, 2.75) is 26.0 Å². The summed E-state index contributed by atoms with van der Waals surface area (Å²) in [5.41, 5.74) is 1.22. The van der Waals surface area contributed by atoms with Crippen LogP contribution in [0.2, 0.25) is 0 Å². The second-order valence-electron chi connectivity index (χ2n) is 5.74. The van der Waals surface area contributed by atoms with Crippen molar-refractivity contribution in [1.29, 1.82) is 0 Å². The van der Waals surface area contributed by atoms with E-state index in [0.29, 0.717) is 29.6 Å². The van der Waals surface area contributed by atoms with E-state index in [0.717, 1.165) is 0 Å². The number of nitrogens with one attached hydrogen (secondary N) is 2. The molecule has 1 aromatic heterocycles. The summed E-state index contributed by atoms with van der Waals surface area (Å²) in [4.78, 5) is 15.9. The highest BCUT2D eigenvalue weighted by Crippen LogP contribution is 2.16. The van der Waals surface area contributed by atoms with E-state index in [9.17, 15) is 9.90 Å². The lowest BCUT2D eigenvalue weighted by atomic mass is 10.2. The van der Waals surface area contributed by atoms with E-state index in [-0.39, 0.29) is 12.5 Å². The van der Waals surface area contributed by atoms with E-state index in [2.05, 4.69) is 15.6 Å². The van der Waals surface area contributed by atoms with Crippen LogP contribution < -0.4 is 15.4 Å². The minimum Gasteiger partial charge on any atom is -0.491 e. The number of hydrogen-bond donors (Lipinski definition) is 3. The van der Waals surface area contributed by atoms with Crippen LogP contribution in [-0.4, -0.2) is 41.3 Å². The number of hydrogen-bond acceptors (Lipinski definition) is 5. The van der Waals surface area contributed by atoms with Crippen molar-refractivity contribution in [2.75, 3.05) is 18.5 Å². The number of ether oxygens (including phenoxy) is 1. The molecule has 2 aromatic rings. The largest absolute Gasteiger partial charge is 0.491 e. The molecule has 0 saturated carbocycles. The van der Waals surface area contributed by atoms with E-state index < -0.39 is 6.10 Å². The van der Waals surface area contributed by atoms with Gasteiger partial charge >= 0.3 is 0 Å². The number of nitrogens with zero attached hydrogens (tertiary/aromatic N) is 1. The van der Waals surface area contributed by atoms with Crippen molar-refractivity contribution in [2.24, 2.45) is 0 Å². The average molecular weight is 329 g/mol.